The Morgan fingerprint density at radius 3 is 2.32 bits per heavy atom. The Kier molecular flexibility index (Phi) is 6.28. The molecule has 0 spiro atoms. The second kappa shape index (κ2) is 7.48. The van der Waals surface area contributed by atoms with Gasteiger partial charge in [-0.2, -0.15) is 0 Å². The number of hydrazine groups is 1. The van der Waals surface area contributed by atoms with Gasteiger partial charge in [0.25, 0.3) is 0 Å². The third-order valence-corrected chi connectivity index (χ3v) is 3.47. The van der Waals surface area contributed by atoms with Crippen molar-refractivity contribution in [3.63, 3.8) is 0 Å². The second-order valence-corrected chi connectivity index (χ2v) is 5.42. The van der Waals surface area contributed by atoms with Crippen LogP contribution in [0.25, 0.3) is 0 Å². The Morgan fingerprint density at radius 1 is 1.21 bits per heavy atom. The van der Waals surface area contributed by atoms with Crippen LogP contribution in [0.2, 0.25) is 0 Å². The minimum absolute atomic E-state index is 0.156. The highest BCUT2D eigenvalue weighted by molar-refractivity contribution is 5.27. The highest BCUT2D eigenvalue weighted by atomic mass is 16.5. The summed E-state index contributed by atoms with van der Waals surface area (Å²) < 4.78 is 10.6. The van der Waals surface area contributed by atoms with Crippen molar-refractivity contribution >= 4 is 0 Å². The van der Waals surface area contributed by atoms with Crippen molar-refractivity contribution < 1.29 is 9.47 Å². The van der Waals surface area contributed by atoms with Gasteiger partial charge in [-0.15, -0.1) is 0 Å². The van der Waals surface area contributed by atoms with Gasteiger partial charge in [0.05, 0.1) is 12.7 Å². The predicted molar refractivity (Wildman–Crippen MR) is 78.1 cm³/mol. The molecule has 4 nitrogen and oxygen atoms in total. The van der Waals surface area contributed by atoms with Crippen LogP contribution in [0.1, 0.15) is 32.3 Å². The number of nitrogens with two attached hydrogens (primary N) is 1. The normalized spacial score (nSPS) is 13.3. The van der Waals surface area contributed by atoms with Crippen LogP contribution in [0.3, 0.4) is 0 Å². The Labute approximate surface area is 116 Å². The molecule has 3 N–H and O–H groups in total. The van der Waals surface area contributed by atoms with Gasteiger partial charge in [-0.25, -0.2) is 0 Å². The fourth-order valence-electron chi connectivity index (χ4n) is 2.05. The first-order valence-electron chi connectivity index (χ1n) is 6.65. The minimum atomic E-state index is -0.156. The van der Waals surface area contributed by atoms with Crippen molar-refractivity contribution in [3.8, 4) is 5.75 Å². The Morgan fingerprint density at radius 2 is 1.84 bits per heavy atom. The first-order chi connectivity index (χ1) is 9.00. The zero-order chi connectivity index (χ0) is 14.3. The summed E-state index contributed by atoms with van der Waals surface area (Å²) in [6.45, 7) is 4.15. The van der Waals surface area contributed by atoms with E-state index in [1.807, 2.05) is 12.1 Å². The van der Waals surface area contributed by atoms with Crippen LogP contribution in [0, 0.1) is 0 Å². The zero-order valence-corrected chi connectivity index (χ0v) is 12.4. The third-order valence-electron chi connectivity index (χ3n) is 3.47. The number of rotatable bonds is 8. The van der Waals surface area contributed by atoms with Crippen LogP contribution in [0.4, 0.5) is 0 Å². The average Bonchev–Trinajstić information content (AvgIpc) is 2.44. The fourth-order valence-corrected chi connectivity index (χ4v) is 2.05. The van der Waals surface area contributed by atoms with E-state index in [0.717, 1.165) is 25.0 Å². The minimum Gasteiger partial charge on any atom is -0.497 e. The SMILES string of the molecule is COc1ccc(CCC(CC(C)(C)OC)NN)cc1. The van der Waals surface area contributed by atoms with Crippen LogP contribution in [0.15, 0.2) is 24.3 Å². The van der Waals surface area contributed by atoms with Gasteiger partial charge in [0.1, 0.15) is 5.75 Å². The largest absolute Gasteiger partial charge is 0.497 e. The fraction of sp³-hybridized carbons (Fsp3) is 0.600. The maximum atomic E-state index is 5.62. The van der Waals surface area contributed by atoms with E-state index in [1.54, 1.807) is 14.2 Å². The number of ether oxygens (including phenoxy) is 2. The molecule has 0 fully saturated rings. The molecule has 4 heteroatoms. The molecule has 19 heavy (non-hydrogen) atoms. The first-order valence-corrected chi connectivity index (χ1v) is 6.65. The Hall–Kier alpha value is -1.10. The molecule has 0 amide bonds. The van der Waals surface area contributed by atoms with Crippen molar-refractivity contribution in [3.05, 3.63) is 29.8 Å². The molecule has 0 saturated carbocycles. The summed E-state index contributed by atoms with van der Waals surface area (Å²) in [7, 11) is 3.41. The van der Waals surface area contributed by atoms with Gasteiger partial charge < -0.3 is 9.47 Å². The summed E-state index contributed by atoms with van der Waals surface area (Å²) in [4.78, 5) is 0. The van der Waals surface area contributed by atoms with E-state index in [4.69, 9.17) is 15.3 Å². The lowest BCUT2D eigenvalue weighted by Gasteiger charge is -2.28. The quantitative estimate of drug-likeness (QED) is 0.560. The number of aryl methyl sites for hydroxylation is 1. The lowest BCUT2D eigenvalue weighted by molar-refractivity contribution is 0.00639. The Bertz CT molecular complexity index is 363. The summed E-state index contributed by atoms with van der Waals surface area (Å²) in [6, 6.07) is 8.40. The molecule has 1 unspecified atom stereocenters. The topological polar surface area (TPSA) is 56.5 Å². The molecule has 0 heterocycles. The monoisotopic (exact) mass is 266 g/mol. The van der Waals surface area contributed by atoms with Crippen molar-refractivity contribution in [2.75, 3.05) is 14.2 Å². The summed E-state index contributed by atoms with van der Waals surface area (Å²) in [6.07, 6.45) is 2.85. The van der Waals surface area contributed by atoms with Gasteiger partial charge in [-0.3, -0.25) is 11.3 Å². The van der Waals surface area contributed by atoms with E-state index < -0.39 is 0 Å². The van der Waals surface area contributed by atoms with Crippen LogP contribution in [-0.4, -0.2) is 25.9 Å². The molecular formula is C15H26N2O2. The molecule has 0 aromatic heterocycles. The van der Waals surface area contributed by atoms with Gasteiger partial charge in [0, 0.05) is 13.2 Å². The van der Waals surface area contributed by atoms with Gasteiger partial charge in [-0.05, 0) is 50.8 Å². The predicted octanol–water partition coefficient (Wildman–Crippen LogP) is 2.27. The van der Waals surface area contributed by atoms with E-state index in [1.165, 1.54) is 5.56 Å². The first kappa shape index (κ1) is 16.0. The van der Waals surface area contributed by atoms with Crippen molar-refractivity contribution in [2.24, 2.45) is 5.84 Å². The molecule has 0 saturated heterocycles. The number of hydrogen-bond acceptors (Lipinski definition) is 4. The van der Waals surface area contributed by atoms with E-state index in [2.05, 4.69) is 31.4 Å². The summed E-state index contributed by atoms with van der Waals surface area (Å²) in [5, 5.41) is 0. The zero-order valence-electron chi connectivity index (χ0n) is 12.4. The van der Waals surface area contributed by atoms with E-state index in [0.29, 0.717) is 0 Å². The second-order valence-electron chi connectivity index (χ2n) is 5.42. The molecule has 0 aliphatic heterocycles. The highest BCUT2D eigenvalue weighted by Crippen LogP contribution is 2.19. The number of nitrogens with one attached hydrogen (secondary N) is 1. The summed E-state index contributed by atoms with van der Waals surface area (Å²) in [5.41, 5.74) is 4.01. The van der Waals surface area contributed by atoms with Gasteiger partial charge >= 0.3 is 0 Å². The number of methoxy groups -OCH3 is 2. The maximum Gasteiger partial charge on any atom is 0.118 e. The molecule has 0 aliphatic rings. The van der Waals surface area contributed by atoms with Crippen molar-refractivity contribution in [1.82, 2.24) is 5.43 Å². The molecule has 1 aromatic rings. The molecule has 1 atom stereocenters. The van der Waals surface area contributed by atoms with Crippen LogP contribution < -0.4 is 16.0 Å². The molecule has 1 aromatic carbocycles. The van der Waals surface area contributed by atoms with Crippen LogP contribution in [0.5, 0.6) is 5.75 Å². The maximum absolute atomic E-state index is 5.62. The lowest BCUT2D eigenvalue weighted by Crippen LogP contribution is -2.41. The molecule has 0 aliphatic carbocycles. The van der Waals surface area contributed by atoms with Gasteiger partial charge in [0.2, 0.25) is 0 Å². The van der Waals surface area contributed by atoms with E-state index in [-0.39, 0.29) is 11.6 Å². The third kappa shape index (κ3) is 5.59. The molecule has 108 valence electrons. The number of hydrogen-bond donors (Lipinski definition) is 2. The number of benzene rings is 1. The molecule has 0 radical (unpaired) electrons. The van der Waals surface area contributed by atoms with Gasteiger partial charge in [0.15, 0.2) is 0 Å². The van der Waals surface area contributed by atoms with E-state index >= 15 is 0 Å². The Balaban J connectivity index is 2.48. The van der Waals surface area contributed by atoms with Crippen molar-refractivity contribution in [1.29, 1.82) is 0 Å². The van der Waals surface area contributed by atoms with E-state index in [9.17, 15) is 0 Å². The van der Waals surface area contributed by atoms with Crippen LogP contribution >= 0.6 is 0 Å². The smallest absolute Gasteiger partial charge is 0.118 e. The molecule has 1 rings (SSSR count). The standard InChI is InChI=1S/C15H26N2O2/c1-15(2,19-4)11-13(17-16)8-5-12-6-9-14(18-3)10-7-12/h6-7,9-10,13,17H,5,8,11,16H2,1-4H3. The van der Waals surface area contributed by atoms with Crippen LogP contribution in [-0.2, 0) is 11.2 Å². The highest BCUT2D eigenvalue weighted by Gasteiger charge is 2.21. The summed E-state index contributed by atoms with van der Waals surface area (Å²) >= 11 is 0. The molecule has 0 bridgehead atoms. The molecular weight excluding hydrogens is 240 g/mol. The lowest BCUT2D eigenvalue weighted by atomic mass is 9.94. The van der Waals surface area contributed by atoms with Gasteiger partial charge in [-0.1, -0.05) is 12.1 Å². The van der Waals surface area contributed by atoms with Crippen molar-refractivity contribution in [2.45, 2.75) is 44.8 Å². The average molecular weight is 266 g/mol. The summed E-state index contributed by atoms with van der Waals surface area (Å²) in [5.74, 6) is 6.51.